The van der Waals surface area contributed by atoms with Gasteiger partial charge in [0.05, 0.1) is 18.7 Å². The van der Waals surface area contributed by atoms with Gasteiger partial charge >= 0.3 is 0 Å². The molecule has 0 radical (unpaired) electrons. The van der Waals surface area contributed by atoms with E-state index in [4.69, 9.17) is 14.7 Å². The zero-order valence-corrected chi connectivity index (χ0v) is 12.1. The lowest BCUT2D eigenvalue weighted by molar-refractivity contribution is 0.407. The van der Waals surface area contributed by atoms with Gasteiger partial charge in [0.2, 0.25) is 5.88 Å². The number of nitrogens with one attached hydrogen (secondary N) is 1. The summed E-state index contributed by atoms with van der Waals surface area (Å²) in [5.41, 5.74) is 0.476. The molecule has 0 aliphatic rings. The summed E-state index contributed by atoms with van der Waals surface area (Å²) in [5.74, 6) is 2.32. The molecule has 1 aromatic heterocycles. The summed E-state index contributed by atoms with van der Waals surface area (Å²) in [4.78, 5) is 4.36. The second-order valence-electron chi connectivity index (χ2n) is 4.40. The predicted octanol–water partition coefficient (Wildman–Crippen LogP) is 3.58. The van der Waals surface area contributed by atoms with Crippen molar-refractivity contribution in [2.45, 2.75) is 13.3 Å². The number of nitriles is 1. The highest BCUT2D eigenvalue weighted by atomic mass is 16.5. The first kappa shape index (κ1) is 14.7. The maximum atomic E-state index is 9.00. The van der Waals surface area contributed by atoms with Gasteiger partial charge in [0.1, 0.15) is 17.3 Å². The fourth-order valence-corrected chi connectivity index (χ4v) is 1.76. The van der Waals surface area contributed by atoms with Gasteiger partial charge < -0.3 is 14.8 Å². The molecule has 1 aromatic carbocycles. The highest BCUT2D eigenvalue weighted by Crippen LogP contribution is 2.26. The maximum Gasteiger partial charge on any atom is 0.221 e. The third-order valence-electron chi connectivity index (χ3n) is 2.75. The van der Waals surface area contributed by atoms with E-state index in [9.17, 15) is 0 Å². The summed E-state index contributed by atoms with van der Waals surface area (Å²) in [6, 6.07) is 12.6. The summed E-state index contributed by atoms with van der Waals surface area (Å²) >= 11 is 0. The van der Waals surface area contributed by atoms with E-state index in [0.29, 0.717) is 22.9 Å². The molecule has 21 heavy (non-hydrogen) atoms. The Balaban J connectivity index is 2.19. The van der Waals surface area contributed by atoms with Crippen LogP contribution in [0.25, 0.3) is 0 Å². The Morgan fingerprint density at radius 2 is 2.05 bits per heavy atom. The predicted molar refractivity (Wildman–Crippen MR) is 80.8 cm³/mol. The Bertz CT molecular complexity index is 650. The standard InChI is InChI=1S/C16H17N3O2/c1-3-7-18-15-5-4-6-16(19-15)21-14-9-12(11-17)8-13(10-14)20-2/h4-6,8-10H,3,7H2,1-2H3,(H,18,19). The summed E-state index contributed by atoms with van der Waals surface area (Å²) < 4.78 is 10.8. The Morgan fingerprint density at radius 3 is 2.76 bits per heavy atom. The summed E-state index contributed by atoms with van der Waals surface area (Å²) in [6.07, 6.45) is 1.02. The number of nitrogens with zero attached hydrogens (tertiary/aromatic N) is 2. The van der Waals surface area contributed by atoms with E-state index in [2.05, 4.69) is 23.3 Å². The van der Waals surface area contributed by atoms with Crippen LogP contribution in [0.5, 0.6) is 17.4 Å². The largest absolute Gasteiger partial charge is 0.497 e. The molecule has 0 saturated heterocycles. The fraction of sp³-hybridized carbons (Fsp3) is 0.250. The molecule has 108 valence electrons. The van der Waals surface area contributed by atoms with Crippen LogP contribution < -0.4 is 14.8 Å². The number of rotatable bonds is 6. The van der Waals surface area contributed by atoms with E-state index in [1.54, 1.807) is 31.4 Å². The van der Waals surface area contributed by atoms with Crippen LogP contribution in [0.1, 0.15) is 18.9 Å². The Hall–Kier alpha value is -2.74. The van der Waals surface area contributed by atoms with Gasteiger partial charge in [0, 0.05) is 18.7 Å². The van der Waals surface area contributed by atoms with Crippen LogP contribution in [0.2, 0.25) is 0 Å². The van der Waals surface area contributed by atoms with E-state index in [-0.39, 0.29) is 0 Å². The van der Waals surface area contributed by atoms with Crippen LogP contribution in [0.4, 0.5) is 5.82 Å². The average Bonchev–Trinajstić information content (AvgIpc) is 2.52. The van der Waals surface area contributed by atoms with Gasteiger partial charge in [0.15, 0.2) is 0 Å². The molecule has 0 aliphatic heterocycles. The lowest BCUT2D eigenvalue weighted by Gasteiger charge is -2.09. The number of anilines is 1. The fourth-order valence-electron chi connectivity index (χ4n) is 1.76. The minimum atomic E-state index is 0.466. The molecule has 5 heteroatoms. The van der Waals surface area contributed by atoms with Crippen molar-refractivity contribution in [2.24, 2.45) is 0 Å². The van der Waals surface area contributed by atoms with Crippen LogP contribution in [0, 0.1) is 11.3 Å². The van der Waals surface area contributed by atoms with Crippen LogP contribution in [-0.4, -0.2) is 18.6 Å². The summed E-state index contributed by atoms with van der Waals surface area (Å²) in [7, 11) is 1.55. The minimum Gasteiger partial charge on any atom is -0.497 e. The molecule has 0 fully saturated rings. The van der Waals surface area contributed by atoms with Gasteiger partial charge in [-0.05, 0) is 24.6 Å². The number of methoxy groups -OCH3 is 1. The second kappa shape index (κ2) is 7.15. The average molecular weight is 283 g/mol. The van der Waals surface area contributed by atoms with Gasteiger partial charge in [-0.25, -0.2) is 0 Å². The van der Waals surface area contributed by atoms with Crippen molar-refractivity contribution >= 4 is 5.82 Å². The molecule has 0 amide bonds. The van der Waals surface area contributed by atoms with Crippen molar-refractivity contribution in [3.63, 3.8) is 0 Å². The zero-order chi connectivity index (χ0) is 15.1. The highest BCUT2D eigenvalue weighted by molar-refractivity contribution is 5.45. The lowest BCUT2D eigenvalue weighted by Crippen LogP contribution is -2.02. The van der Waals surface area contributed by atoms with E-state index in [1.165, 1.54) is 0 Å². The molecule has 0 unspecified atom stereocenters. The first-order chi connectivity index (χ1) is 10.2. The van der Waals surface area contributed by atoms with Crippen molar-refractivity contribution in [1.29, 1.82) is 5.26 Å². The Morgan fingerprint density at radius 1 is 1.24 bits per heavy atom. The molecule has 2 rings (SSSR count). The third-order valence-corrected chi connectivity index (χ3v) is 2.75. The molecule has 0 bridgehead atoms. The monoisotopic (exact) mass is 283 g/mol. The molecular weight excluding hydrogens is 266 g/mol. The number of pyridine rings is 1. The maximum absolute atomic E-state index is 9.00. The molecule has 1 heterocycles. The van der Waals surface area contributed by atoms with E-state index in [1.807, 2.05) is 12.1 Å². The van der Waals surface area contributed by atoms with Crippen LogP contribution in [0.15, 0.2) is 36.4 Å². The van der Waals surface area contributed by atoms with Crippen molar-refractivity contribution in [1.82, 2.24) is 4.98 Å². The van der Waals surface area contributed by atoms with Crippen molar-refractivity contribution in [2.75, 3.05) is 19.0 Å². The van der Waals surface area contributed by atoms with E-state index in [0.717, 1.165) is 18.8 Å². The van der Waals surface area contributed by atoms with Gasteiger partial charge in [-0.15, -0.1) is 0 Å². The molecule has 0 spiro atoms. The lowest BCUT2D eigenvalue weighted by atomic mass is 10.2. The van der Waals surface area contributed by atoms with Crippen LogP contribution in [0.3, 0.4) is 0 Å². The van der Waals surface area contributed by atoms with Crippen molar-refractivity contribution in [3.8, 4) is 23.4 Å². The van der Waals surface area contributed by atoms with Crippen LogP contribution in [-0.2, 0) is 0 Å². The molecule has 1 N–H and O–H groups in total. The topological polar surface area (TPSA) is 67.2 Å². The summed E-state index contributed by atoms with van der Waals surface area (Å²) in [5, 5.41) is 12.2. The molecule has 0 saturated carbocycles. The number of aromatic nitrogens is 1. The summed E-state index contributed by atoms with van der Waals surface area (Å²) in [6.45, 7) is 2.95. The number of hydrogen-bond donors (Lipinski definition) is 1. The van der Waals surface area contributed by atoms with Gasteiger partial charge in [-0.2, -0.15) is 10.2 Å². The molecular formula is C16H17N3O2. The van der Waals surface area contributed by atoms with Gasteiger partial charge in [-0.3, -0.25) is 0 Å². The number of ether oxygens (including phenoxy) is 2. The SMILES string of the molecule is CCCNc1cccc(Oc2cc(C#N)cc(OC)c2)n1. The zero-order valence-electron chi connectivity index (χ0n) is 12.1. The normalized spacial score (nSPS) is 9.76. The van der Waals surface area contributed by atoms with Crippen molar-refractivity contribution in [3.05, 3.63) is 42.0 Å². The van der Waals surface area contributed by atoms with Crippen LogP contribution >= 0.6 is 0 Å². The smallest absolute Gasteiger partial charge is 0.221 e. The number of hydrogen-bond acceptors (Lipinski definition) is 5. The van der Waals surface area contributed by atoms with Crippen molar-refractivity contribution < 1.29 is 9.47 Å². The first-order valence-electron chi connectivity index (χ1n) is 6.73. The quantitative estimate of drug-likeness (QED) is 0.877. The van der Waals surface area contributed by atoms with Gasteiger partial charge in [-0.1, -0.05) is 13.0 Å². The first-order valence-corrected chi connectivity index (χ1v) is 6.73. The highest BCUT2D eigenvalue weighted by Gasteiger charge is 2.05. The Labute approximate surface area is 124 Å². The van der Waals surface area contributed by atoms with E-state index >= 15 is 0 Å². The third kappa shape index (κ3) is 4.11. The van der Waals surface area contributed by atoms with E-state index < -0.39 is 0 Å². The minimum absolute atomic E-state index is 0.466. The molecule has 5 nitrogen and oxygen atoms in total. The van der Waals surface area contributed by atoms with Gasteiger partial charge in [0.25, 0.3) is 0 Å². The second-order valence-corrected chi connectivity index (χ2v) is 4.40. The molecule has 0 atom stereocenters. The molecule has 0 aliphatic carbocycles. The molecule has 2 aromatic rings. The Kier molecular flexibility index (Phi) is 4.99. The number of benzene rings is 1.